The lowest BCUT2D eigenvalue weighted by molar-refractivity contribution is -0.140. The van der Waals surface area contributed by atoms with Gasteiger partial charge in [-0.05, 0) is 36.3 Å². The Morgan fingerprint density at radius 2 is 2.36 bits per heavy atom. The van der Waals surface area contributed by atoms with Crippen molar-refractivity contribution in [2.24, 2.45) is 0 Å². The second-order valence-electron chi connectivity index (χ2n) is 5.16. The van der Waals surface area contributed by atoms with Gasteiger partial charge in [-0.2, -0.15) is 0 Å². The lowest BCUT2D eigenvalue weighted by Crippen LogP contribution is -2.33. The molecule has 1 amide bonds. The minimum atomic E-state index is -1.08. The Bertz CT molecular complexity index is 713. The van der Waals surface area contributed by atoms with Gasteiger partial charge in [0.25, 0.3) is 5.91 Å². The van der Waals surface area contributed by atoms with E-state index < -0.39 is 12.5 Å². The molecule has 2 aliphatic heterocycles. The molecule has 2 heterocycles. The predicted octanol–water partition coefficient (Wildman–Crippen LogP) is 2.30. The van der Waals surface area contributed by atoms with E-state index in [9.17, 15) is 9.59 Å². The SMILES string of the molecule is C[C@@H]1Cc2cc(/C=C3\SC(=S)N(CC(=O)O)C3=O)ccc2O1. The molecule has 0 spiro atoms. The van der Waals surface area contributed by atoms with Crippen LogP contribution in [0, 0.1) is 0 Å². The number of hydrogen-bond acceptors (Lipinski definition) is 5. The molecule has 0 saturated carbocycles. The molecule has 1 aromatic carbocycles. The lowest BCUT2D eigenvalue weighted by Gasteiger charge is -2.10. The van der Waals surface area contributed by atoms with Crippen molar-refractivity contribution in [2.75, 3.05) is 6.54 Å². The molecule has 0 radical (unpaired) electrons. The third-order valence-corrected chi connectivity index (χ3v) is 4.76. The lowest BCUT2D eigenvalue weighted by atomic mass is 10.1. The minimum Gasteiger partial charge on any atom is -0.490 e. The number of amides is 1. The molecule has 22 heavy (non-hydrogen) atoms. The summed E-state index contributed by atoms with van der Waals surface area (Å²) in [6, 6.07) is 5.76. The van der Waals surface area contributed by atoms with E-state index in [-0.39, 0.29) is 16.3 Å². The van der Waals surface area contributed by atoms with Crippen molar-refractivity contribution in [3.63, 3.8) is 0 Å². The van der Waals surface area contributed by atoms with Crippen molar-refractivity contribution < 1.29 is 19.4 Å². The summed E-state index contributed by atoms with van der Waals surface area (Å²) in [6.07, 6.45) is 2.75. The summed E-state index contributed by atoms with van der Waals surface area (Å²) < 4.78 is 5.92. The van der Waals surface area contributed by atoms with Gasteiger partial charge < -0.3 is 9.84 Å². The number of carbonyl (C=O) groups excluding carboxylic acids is 1. The molecule has 1 saturated heterocycles. The number of carboxylic acid groups (broad SMARTS) is 1. The smallest absolute Gasteiger partial charge is 0.323 e. The van der Waals surface area contributed by atoms with Gasteiger partial charge in [-0.1, -0.05) is 30.0 Å². The van der Waals surface area contributed by atoms with E-state index in [2.05, 4.69) is 0 Å². The number of carboxylic acids is 1. The number of ether oxygens (including phenoxy) is 1. The van der Waals surface area contributed by atoms with E-state index in [0.717, 1.165) is 40.0 Å². The highest BCUT2D eigenvalue weighted by Gasteiger charge is 2.33. The van der Waals surface area contributed by atoms with E-state index in [1.807, 2.05) is 25.1 Å². The molecule has 2 aliphatic rings. The second kappa shape index (κ2) is 5.73. The molecule has 1 aromatic rings. The number of rotatable bonds is 3. The zero-order chi connectivity index (χ0) is 15.9. The first-order valence-electron chi connectivity index (χ1n) is 6.71. The molecule has 114 valence electrons. The maximum atomic E-state index is 12.2. The average Bonchev–Trinajstić information content (AvgIpc) is 2.92. The molecule has 1 N–H and O–H groups in total. The quantitative estimate of drug-likeness (QED) is 0.675. The van der Waals surface area contributed by atoms with Crippen LogP contribution in [0.1, 0.15) is 18.1 Å². The minimum absolute atomic E-state index is 0.166. The fourth-order valence-corrected chi connectivity index (χ4v) is 3.71. The average molecular weight is 335 g/mol. The topological polar surface area (TPSA) is 66.8 Å². The Kier molecular flexibility index (Phi) is 3.92. The molecule has 0 unspecified atom stereocenters. The first-order valence-corrected chi connectivity index (χ1v) is 7.93. The Balaban J connectivity index is 1.84. The summed E-state index contributed by atoms with van der Waals surface area (Å²) in [5.41, 5.74) is 1.99. The van der Waals surface area contributed by atoms with Crippen molar-refractivity contribution in [1.29, 1.82) is 0 Å². The number of nitrogens with zero attached hydrogens (tertiary/aromatic N) is 1. The van der Waals surface area contributed by atoms with Crippen LogP contribution in [0.2, 0.25) is 0 Å². The van der Waals surface area contributed by atoms with E-state index in [0.29, 0.717) is 4.91 Å². The van der Waals surface area contributed by atoms with Crippen molar-refractivity contribution in [2.45, 2.75) is 19.4 Å². The van der Waals surface area contributed by atoms with Crippen LogP contribution in [-0.2, 0) is 16.0 Å². The number of aliphatic carboxylic acids is 1. The van der Waals surface area contributed by atoms with E-state index in [1.165, 1.54) is 0 Å². The highest BCUT2D eigenvalue weighted by molar-refractivity contribution is 8.26. The van der Waals surface area contributed by atoms with Crippen molar-refractivity contribution in [3.05, 3.63) is 34.2 Å². The fraction of sp³-hybridized carbons (Fsp3) is 0.267. The fourth-order valence-electron chi connectivity index (χ4n) is 2.45. The van der Waals surface area contributed by atoms with Crippen LogP contribution < -0.4 is 4.74 Å². The van der Waals surface area contributed by atoms with Crippen LogP contribution in [0.15, 0.2) is 23.1 Å². The van der Waals surface area contributed by atoms with Crippen LogP contribution in [0.4, 0.5) is 0 Å². The van der Waals surface area contributed by atoms with Gasteiger partial charge in [0.2, 0.25) is 0 Å². The largest absolute Gasteiger partial charge is 0.490 e. The third kappa shape index (κ3) is 2.86. The molecule has 0 bridgehead atoms. The van der Waals surface area contributed by atoms with Gasteiger partial charge in [0.15, 0.2) is 0 Å². The van der Waals surface area contributed by atoms with Gasteiger partial charge in [-0.15, -0.1) is 0 Å². The monoisotopic (exact) mass is 335 g/mol. The van der Waals surface area contributed by atoms with Crippen LogP contribution in [-0.4, -0.2) is 38.9 Å². The molecular weight excluding hydrogens is 322 g/mol. The van der Waals surface area contributed by atoms with E-state index >= 15 is 0 Å². The molecule has 0 aromatic heterocycles. The maximum Gasteiger partial charge on any atom is 0.323 e. The molecule has 1 fully saturated rings. The summed E-state index contributed by atoms with van der Waals surface area (Å²) in [6.45, 7) is 1.61. The number of hydrogen-bond donors (Lipinski definition) is 1. The summed E-state index contributed by atoms with van der Waals surface area (Å²) >= 11 is 6.19. The van der Waals surface area contributed by atoms with Gasteiger partial charge in [-0.25, -0.2) is 0 Å². The summed E-state index contributed by atoms with van der Waals surface area (Å²) in [5, 5.41) is 8.82. The van der Waals surface area contributed by atoms with Gasteiger partial charge in [0.05, 0.1) is 4.91 Å². The van der Waals surface area contributed by atoms with Gasteiger partial charge in [0.1, 0.15) is 22.7 Å². The van der Waals surface area contributed by atoms with Crippen LogP contribution in [0.25, 0.3) is 6.08 Å². The van der Waals surface area contributed by atoms with Crippen molar-refractivity contribution >= 4 is 46.3 Å². The van der Waals surface area contributed by atoms with Crippen LogP contribution >= 0.6 is 24.0 Å². The summed E-state index contributed by atoms with van der Waals surface area (Å²) in [4.78, 5) is 24.5. The zero-order valence-electron chi connectivity index (χ0n) is 11.7. The molecule has 7 heteroatoms. The summed E-state index contributed by atoms with van der Waals surface area (Å²) in [7, 11) is 0. The van der Waals surface area contributed by atoms with Crippen molar-refractivity contribution in [3.8, 4) is 5.75 Å². The number of benzene rings is 1. The maximum absolute atomic E-state index is 12.2. The molecule has 0 aliphatic carbocycles. The Morgan fingerprint density at radius 1 is 1.59 bits per heavy atom. The van der Waals surface area contributed by atoms with Crippen LogP contribution in [0.5, 0.6) is 5.75 Å². The number of carbonyl (C=O) groups is 2. The summed E-state index contributed by atoms with van der Waals surface area (Å²) in [5.74, 6) is -0.563. The highest BCUT2D eigenvalue weighted by Crippen LogP contribution is 2.34. The molecule has 1 atom stereocenters. The second-order valence-corrected chi connectivity index (χ2v) is 6.84. The van der Waals surface area contributed by atoms with E-state index in [4.69, 9.17) is 22.1 Å². The number of fused-ring (bicyclic) bond motifs is 1. The Hall–Kier alpha value is -1.86. The zero-order valence-corrected chi connectivity index (χ0v) is 13.4. The Labute approximate surface area is 136 Å². The standard InChI is InChI=1S/C15H13NO4S2/c1-8-4-10-5-9(2-3-11(10)20-8)6-12-14(19)16(7-13(17)18)15(21)22-12/h2-3,5-6,8H,4,7H2,1H3,(H,17,18)/b12-6-/t8-/m1/s1. The Morgan fingerprint density at radius 3 is 3.09 bits per heavy atom. The van der Waals surface area contributed by atoms with E-state index in [1.54, 1.807) is 6.08 Å². The van der Waals surface area contributed by atoms with Gasteiger partial charge in [-0.3, -0.25) is 14.5 Å². The molecule has 5 nitrogen and oxygen atoms in total. The van der Waals surface area contributed by atoms with Gasteiger partial charge in [0, 0.05) is 6.42 Å². The number of thiocarbonyl (C=S) groups is 1. The highest BCUT2D eigenvalue weighted by atomic mass is 32.2. The van der Waals surface area contributed by atoms with Crippen molar-refractivity contribution in [1.82, 2.24) is 4.90 Å². The first-order chi connectivity index (χ1) is 10.4. The van der Waals surface area contributed by atoms with Crippen LogP contribution in [0.3, 0.4) is 0 Å². The predicted molar refractivity (Wildman–Crippen MR) is 87.8 cm³/mol. The normalized spacial score (nSPS) is 22.1. The molecular formula is C15H13NO4S2. The number of thioether (sulfide) groups is 1. The molecule has 3 rings (SSSR count). The third-order valence-electron chi connectivity index (χ3n) is 3.38. The van der Waals surface area contributed by atoms with Gasteiger partial charge >= 0.3 is 5.97 Å². The first kappa shape index (κ1) is 15.1.